The molecule has 0 aromatic carbocycles. The van der Waals surface area contributed by atoms with E-state index in [1.165, 1.54) is 12.6 Å². The molecular weight excluding hydrogens is 304 g/mol. The zero-order valence-corrected chi connectivity index (χ0v) is 10.1. The van der Waals surface area contributed by atoms with E-state index in [1.807, 2.05) is 0 Å². The van der Waals surface area contributed by atoms with E-state index in [4.69, 9.17) is 0 Å². The first-order valence-corrected chi connectivity index (χ1v) is 10.7. The first kappa shape index (κ1) is 8.99. The molecule has 0 fully saturated rings. The molecule has 0 amide bonds. The number of hydrogen-bond acceptors (Lipinski definition) is 0. The monoisotopic (exact) mass is 314 g/mol. The third-order valence-electron chi connectivity index (χ3n) is 0.497. The Kier molecular flexibility index (Phi) is 5.02. The van der Waals surface area contributed by atoms with Crippen LogP contribution in [0.3, 0.4) is 0 Å². The van der Waals surface area contributed by atoms with Crippen molar-refractivity contribution in [1.29, 1.82) is 0 Å². The van der Waals surface area contributed by atoms with Crippen LogP contribution in [0, 0.1) is 0 Å². The molecule has 0 aliphatic heterocycles. The quantitative estimate of drug-likeness (QED) is 0.519. The van der Waals surface area contributed by atoms with Crippen molar-refractivity contribution in [3.63, 3.8) is 0 Å². The van der Waals surface area contributed by atoms with E-state index in [0.29, 0.717) is 0 Å². The Balaban J connectivity index is 3.15. The predicted molar refractivity (Wildman–Crippen MR) is 39.3 cm³/mol. The molecular formula is C3H7PSe3. The van der Waals surface area contributed by atoms with Crippen molar-refractivity contribution in [2.75, 3.05) is 6.16 Å². The van der Waals surface area contributed by atoms with Crippen LogP contribution in [-0.2, 0) is 0 Å². The average Bonchev–Trinajstić information content (AvgIpc) is 1.30. The molecule has 0 saturated carbocycles. The Morgan fingerprint density at radius 2 is 2.00 bits per heavy atom. The molecule has 0 nitrogen and oxygen atoms in total. The molecule has 4 heteroatoms. The van der Waals surface area contributed by atoms with Gasteiger partial charge in [0.1, 0.15) is 0 Å². The van der Waals surface area contributed by atoms with Crippen molar-refractivity contribution < 1.29 is 0 Å². The minimum atomic E-state index is -0.791. The van der Waals surface area contributed by atoms with Crippen molar-refractivity contribution in [1.82, 2.24) is 0 Å². The van der Waals surface area contributed by atoms with Crippen LogP contribution in [-0.4, -0.2) is 52.9 Å². The molecule has 2 radical (unpaired) electrons. The van der Waals surface area contributed by atoms with E-state index in [9.17, 15) is 0 Å². The average molecular weight is 311 g/mol. The Morgan fingerprint density at radius 3 is 2.00 bits per heavy atom. The molecule has 0 heterocycles. The molecule has 0 aromatic heterocycles. The second-order valence-electron chi connectivity index (χ2n) is 1.33. The summed E-state index contributed by atoms with van der Waals surface area (Å²) in [5.74, 6) is 0. The number of rotatable bonds is 2. The van der Waals surface area contributed by atoms with Crippen LogP contribution in [0.25, 0.3) is 0 Å². The van der Waals surface area contributed by atoms with E-state index in [-0.39, 0.29) is 0 Å². The van der Waals surface area contributed by atoms with Gasteiger partial charge < -0.3 is 0 Å². The summed E-state index contributed by atoms with van der Waals surface area (Å²) in [5.41, 5.74) is 0. The summed E-state index contributed by atoms with van der Waals surface area (Å²) in [6.45, 7) is 2.20. The van der Waals surface area contributed by atoms with Crippen LogP contribution in [0.4, 0.5) is 0 Å². The van der Waals surface area contributed by atoms with Gasteiger partial charge in [-0.05, 0) is 0 Å². The topological polar surface area (TPSA) is 0 Å². The van der Waals surface area contributed by atoms with E-state index in [2.05, 4.69) is 53.6 Å². The molecule has 0 atom stereocenters. The van der Waals surface area contributed by atoms with Gasteiger partial charge in [-0.1, -0.05) is 0 Å². The SMILES string of the molecule is CCC[P+]([Se])([Se])[Se-]. The van der Waals surface area contributed by atoms with Gasteiger partial charge >= 0.3 is 69.5 Å². The zero-order valence-electron chi connectivity index (χ0n) is 4.09. The second-order valence-corrected chi connectivity index (χ2v) is 25.3. The first-order valence-electron chi connectivity index (χ1n) is 2.07. The zero-order chi connectivity index (χ0) is 5.91. The van der Waals surface area contributed by atoms with Gasteiger partial charge in [-0.2, -0.15) is 0 Å². The van der Waals surface area contributed by atoms with Crippen molar-refractivity contribution in [3.8, 4) is 0 Å². The second kappa shape index (κ2) is 3.91. The normalized spacial score (nSPS) is 12.0. The van der Waals surface area contributed by atoms with Crippen LogP contribution in [0.2, 0.25) is 0 Å². The van der Waals surface area contributed by atoms with E-state index in [0.717, 1.165) is 0 Å². The maximum absolute atomic E-state index is 3.12. The fourth-order valence-corrected chi connectivity index (χ4v) is 4.27. The molecule has 0 saturated heterocycles. The molecule has 0 unspecified atom stereocenters. The Hall–Kier alpha value is 1.99. The summed E-state index contributed by atoms with van der Waals surface area (Å²) >= 11 is 9.35. The molecule has 0 rings (SSSR count). The molecule has 0 aromatic rings. The summed E-state index contributed by atoms with van der Waals surface area (Å²) in [4.78, 5) is 0. The van der Waals surface area contributed by atoms with Crippen LogP contribution < -0.4 is 0 Å². The van der Waals surface area contributed by atoms with E-state index >= 15 is 0 Å². The van der Waals surface area contributed by atoms with Gasteiger partial charge in [-0.25, -0.2) is 0 Å². The Bertz CT molecular complexity index is 48.6. The third-order valence-corrected chi connectivity index (χ3v) is 4.94. The van der Waals surface area contributed by atoms with Gasteiger partial charge in [0.05, 0.1) is 0 Å². The van der Waals surface area contributed by atoms with Crippen LogP contribution in [0.15, 0.2) is 0 Å². The van der Waals surface area contributed by atoms with Crippen LogP contribution in [0.1, 0.15) is 13.3 Å². The fraction of sp³-hybridized carbons (Fsp3) is 1.00. The van der Waals surface area contributed by atoms with Gasteiger partial charge in [0.15, 0.2) is 0 Å². The fourth-order valence-electron chi connectivity index (χ4n) is 0.274. The molecule has 0 spiro atoms. The van der Waals surface area contributed by atoms with E-state index in [1.54, 1.807) is 0 Å². The first-order chi connectivity index (χ1) is 3.06. The third kappa shape index (κ3) is 7.99. The van der Waals surface area contributed by atoms with Crippen molar-refractivity contribution >= 4 is 50.0 Å². The summed E-state index contributed by atoms with van der Waals surface area (Å²) < 4.78 is -0.791. The van der Waals surface area contributed by atoms with Crippen LogP contribution >= 0.6 is 3.33 Å². The molecule has 0 aliphatic rings. The summed E-state index contributed by atoms with van der Waals surface area (Å²) in [6, 6.07) is 0. The minimum absolute atomic E-state index is 0.791. The molecule has 0 N–H and O–H groups in total. The summed E-state index contributed by atoms with van der Waals surface area (Å²) in [6.07, 6.45) is 2.55. The predicted octanol–water partition coefficient (Wildman–Crippen LogP) is 0.664. The number of hydrogen-bond donors (Lipinski definition) is 0. The Labute approximate surface area is 69.2 Å². The van der Waals surface area contributed by atoms with Crippen molar-refractivity contribution in [3.05, 3.63) is 0 Å². The van der Waals surface area contributed by atoms with Gasteiger partial charge in [0.2, 0.25) is 0 Å². The molecule has 42 valence electrons. The van der Waals surface area contributed by atoms with Gasteiger partial charge in [-0.3, -0.25) is 0 Å². The standard InChI is InChI=1S/C3H7PSe3/c1-2-3-4(5,6)7/h2-3H2,1H3. The molecule has 7 heavy (non-hydrogen) atoms. The van der Waals surface area contributed by atoms with Crippen molar-refractivity contribution in [2.45, 2.75) is 13.3 Å². The molecule has 0 aliphatic carbocycles. The van der Waals surface area contributed by atoms with Gasteiger partial charge in [0.25, 0.3) is 0 Å². The summed E-state index contributed by atoms with van der Waals surface area (Å²) in [5, 5.41) is 0. The van der Waals surface area contributed by atoms with Gasteiger partial charge in [0, 0.05) is 0 Å². The Morgan fingerprint density at radius 1 is 1.57 bits per heavy atom. The van der Waals surface area contributed by atoms with E-state index < -0.39 is 3.33 Å². The summed E-state index contributed by atoms with van der Waals surface area (Å²) in [7, 11) is 0. The van der Waals surface area contributed by atoms with Crippen molar-refractivity contribution in [2.24, 2.45) is 0 Å². The van der Waals surface area contributed by atoms with Gasteiger partial charge in [-0.15, -0.1) is 0 Å². The van der Waals surface area contributed by atoms with Crippen LogP contribution in [0.5, 0.6) is 0 Å². The molecule has 0 bridgehead atoms. The maximum atomic E-state index is 3.12.